The smallest absolute Gasteiger partial charge is 0.0717 e. The van der Waals surface area contributed by atoms with E-state index < -0.39 is 0 Å². The quantitative estimate of drug-likeness (QED) is 0.691. The van der Waals surface area contributed by atoms with E-state index in [2.05, 4.69) is 6.92 Å². The number of hydrogen-bond acceptors (Lipinski definition) is 2. The molecular formula is C11H16O2. The maximum absolute atomic E-state index is 10.3. The highest BCUT2D eigenvalue weighted by atomic mass is 16.5. The lowest BCUT2D eigenvalue weighted by Gasteiger charge is -2.40. The second kappa shape index (κ2) is 1.70. The Hall–Kier alpha value is -0.0800. The molecule has 0 amide bonds. The van der Waals surface area contributed by atoms with Crippen molar-refractivity contribution in [1.29, 1.82) is 0 Å². The zero-order valence-corrected chi connectivity index (χ0v) is 7.99. The van der Waals surface area contributed by atoms with Gasteiger partial charge in [0.2, 0.25) is 0 Å². The van der Waals surface area contributed by atoms with E-state index in [1.165, 1.54) is 6.42 Å². The highest BCUT2D eigenvalue weighted by Crippen LogP contribution is 2.89. The third kappa shape index (κ3) is 0.490. The van der Waals surface area contributed by atoms with Gasteiger partial charge in [0.15, 0.2) is 0 Å². The Morgan fingerprint density at radius 2 is 2.23 bits per heavy atom. The molecule has 1 N–H and O–H groups in total. The molecule has 4 fully saturated rings. The average molecular weight is 180 g/mol. The van der Waals surface area contributed by atoms with Crippen molar-refractivity contribution >= 4 is 0 Å². The van der Waals surface area contributed by atoms with Crippen LogP contribution in [-0.4, -0.2) is 23.4 Å². The fourth-order valence-electron chi connectivity index (χ4n) is 5.11. The van der Waals surface area contributed by atoms with Crippen LogP contribution in [-0.2, 0) is 4.74 Å². The number of ether oxygens (including phenoxy) is 1. The van der Waals surface area contributed by atoms with Crippen molar-refractivity contribution in [2.75, 3.05) is 6.61 Å². The van der Waals surface area contributed by atoms with Gasteiger partial charge in [-0.15, -0.1) is 0 Å². The van der Waals surface area contributed by atoms with Gasteiger partial charge in [-0.05, 0) is 43.9 Å². The van der Waals surface area contributed by atoms with Gasteiger partial charge in [-0.1, -0.05) is 0 Å². The van der Waals surface area contributed by atoms with Gasteiger partial charge < -0.3 is 9.84 Å². The van der Waals surface area contributed by atoms with Crippen LogP contribution in [0.3, 0.4) is 0 Å². The first-order chi connectivity index (χ1) is 6.23. The van der Waals surface area contributed by atoms with Crippen LogP contribution in [0, 0.1) is 23.2 Å². The largest absolute Gasteiger partial charge is 0.389 e. The molecule has 0 heterocycles. The Kier molecular flexibility index (Phi) is 0.947. The summed E-state index contributed by atoms with van der Waals surface area (Å²) in [7, 11) is 0. The lowest BCUT2D eigenvalue weighted by molar-refractivity contribution is -0.0968. The third-order valence-corrected chi connectivity index (χ3v) is 5.38. The summed E-state index contributed by atoms with van der Waals surface area (Å²) in [6, 6.07) is 0. The molecule has 6 unspecified atom stereocenters. The van der Waals surface area contributed by atoms with Crippen molar-refractivity contribution in [3.8, 4) is 0 Å². The zero-order chi connectivity index (χ0) is 8.84. The van der Waals surface area contributed by atoms with Gasteiger partial charge in [0.1, 0.15) is 0 Å². The third-order valence-electron chi connectivity index (χ3n) is 5.38. The van der Waals surface area contributed by atoms with Crippen molar-refractivity contribution in [3.63, 3.8) is 0 Å². The van der Waals surface area contributed by atoms with E-state index in [0.717, 1.165) is 31.3 Å². The van der Waals surface area contributed by atoms with Crippen LogP contribution in [0.4, 0.5) is 0 Å². The number of rotatable bonds is 2. The molecule has 4 aliphatic carbocycles. The molecule has 6 atom stereocenters. The Bertz CT molecular complexity index is 288. The van der Waals surface area contributed by atoms with Gasteiger partial charge in [-0.2, -0.15) is 0 Å². The molecule has 2 bridgehead atoms. The number of aliphatic hydroxyl groups is 1. The van der Waals surface area contributed by atoms with Crippen LogP contribution in [0.25, 0.3) is 0 Å². The lowest BCUT2D eigenvalue weighted by atomic mass is 9.71. The topological polar surface area (TPSA) is 29.5 Å². The van der Waals surface area contributed by atoms with E-state index >= 15 is 0 Å². The first-order valence-electron chi connectivity index (χ1n) is 5.57. The summed E-state index contributed by atoms with van der Waals surface area (Å²) in [6.45, 7) is 2.93. The fourth-order valence-corrected chi connectivity index (χ4v) is 5.11. The van der Waals surface area contributed by atoms with E-state index in [9.17, 15) is 5.11 Å². The lowest BCUT2D eigenvalue weighted by Crippen LogP contribution is -2.46. The minimum Gasteiger partial charge on any atom is -0.389 e. The predicted molar refractivity (Wildman–Crippen MR) is 47.1 cm³/mol. The highest BCUT2D eigenvalue weighted by molar-refractivity contribution is 5.39. The maximum Gasteiger partial charge on any atom is 0.0717 e. The second-order valence-electron chi connectivity index (χ2n) is 5.50. The molecule has 72 valence electrons. The Morgan fingerprint density at radius 3 is 2.92 bits per heavy atom. The minimum absolute atomic E-state index is 0.236. The molecule has 0 radical (unpaired) electrons. The van der Waals surface area contributed by atoms with Crippen LogP contribution in [0.5, 0.6) is 0 Å². The van der Waals surface area contributed by atoms with Gasteiger partial charge in [-0.25, -0.2) is 0 Å². The van der Waals surface area contributed by atoms with E-state index in [1.54, 1.807) is 0 Å². The van der Waals surface area contributed by atoms with Crippen molar-refractivity contribution in [2.45, 2.75) is 37.9 Å². The number of fused-ring (bicyclic) bond motifs is 2. The molecular weight excluding hydrogens is 164 g/mol. The fraction of sp³-hybridized carbons (Fsp3) is 1.00. The Morgan fingerprint density at radius 1 is 1.38 bits per heavy atom. The van der Waals surface area contributed by atoms with Gasteiger partial charge in [0.05, 0.1) is 11.7 Å². The predicted octanol–water partition coefficient (Wildman–Crippen LogP) is 1.18. The molecule has 0 aromatic rings. The number of hydrogen-bond donors (Lipinski definition) is 1. The van der Waals surface area contributed by atoms with E-state index in [1.807, 2.05) is 0 Å². The van der Waals surface area contributed by atoms with Gasteiger partial charge in [0.25, 0.3) is 0 Å². The molecule has 0 aromatic heterocycles. The van der Waals surface area contributed by atoms with Gasteiger partial charge >= 0.3 is 0 Å². The summed E-state index contributed by atoms with van der Waals surface area (Å²) in [6.07, 6.45) is 3.89. The summed E-state index contributed by atoms with van der Waals surface area (Å²) in [5, 5.41) is 10.3. The van der Waals surface area contributed by atoms with Crippen molar-refractivity contribution in [1.82, 2.24) is 0 Å². The minimum atomic E-state index is -0.236. The molecule has 4 saturated carbocycles. The van der Waals surface area contributed by atoms with Crippen molar-refractivity contribution in [2.24, 2.45) is 23.2 Å². The first-order valence-corrected chi connectivity index (χ1v) is 5.57. The maximum atomic E-state index is 10.3. The SMILES string of the molecule is CCOC1C2CC3(O)CC4C1C43C2. The molecule has 4 rings (SSSR count). The summed E-state index contributed by atoms with van der Waals surface area (Å²) in [5.74, 6) is 2.28. The van der Waals surface area contributed by atoms with Crippen molar-refractivity contribution < 1.29 is 9.84 Å². The Balaban J connectivity index is 1.71. The molecule has 13 heavy (non-hydrogen) atoms. The monoisotopic (exact) mass is 180 g/mol. The highest BCUT2D eigenvalue weighted by Gasteiger charge is 2.91. The van der Waals surface area contributed by atoms with E-state index in [-0.39, 0.29) is 5.60 Å². The average Bonchev–Trinajstić information content (AvgIpc) is 2.39. The van der Waals surface area contributed by atoms with Crippen LogP contribution >= 0.6 is 0 Å². The van der Waals surface area contributed by atoms with E-state index in [4.69, 9.17) is 4.74 Å². The molecule has 0 aromatic carbocycles. The molecule has 4 aliphatic rings. The normalized spacial score (nSPS) is 70.6. The summed E-state index contributed by atoms with van der Waals surface area (Å²) in [5.41, 5.74) is 0.137. The zero-order valence-electron chi connectivity index (χ0n) is 7.99. The van der Waals surface area contributed by atoms with Crippen LogP contribution in [0.15, 0.2) is 0 Å². The standard InChI is InChI=1S/C11H16O2/c1-2-13-9-6-3-10(12)5-7-8(9)11(7,10)4-6/h6-9,12H,2-5H2,1H3. The summed E-state index contributed by atoms with van der Waals surface area (Å²) < 4.78 is 5.82. The molecule has 2 heteroatoms. The van der Waals surface area contributed by atoms with E-state index in [0.29, 0.717) is 17.4 Å². The molecule has 2 nitrogen and oxygen atoms in total. The van der Waals surface area contributed by atoms with Crippen LogP contribution in [0.2, 0.25) is 0 Å². The molecule has 1 spiro atoms. The Labute approximate surface area is 78.3 Å². The van der Waals surface area contributed by atoms with Crippen LogP contribution < -0.4 is 0 Å². The molecule has 0 saturated heterocycles. The van der Waals surface area contributed by atoms with Crippen molar-refractivity contribution in [3.05, 3.63) is 0 Å². The second-order valence-corrected chi connectivity index (χ2v) is 5.50. The van der Waals surface area contributed by atoms with Crippen LogP contribution in [0.1, 0.15) is 26.2 Å². The summed E-state index contributed by atoms with van der Waals surface area (Å²) >= 11 is 0. The van der Waals surface area contributed by atoms with Gasteiger partial charge in [0, 0.05) is 12.0 Å². The molecule has 0 aliphatic heterocycles. The summed E-state index contributed by atoms with van der Waals surface area (Å²) in [4.78, 5) is 0. The first kappa shape index (κ1) is 7.24. The van der Waals surface area contributed by atoms with Gasteiger partial charge in [-0.3, -0.25) is 0 Å².